The fourth-order valence-electron chi connectivity index (χ4n) is 4.73. The van der Waals surface area contributed by atoms with Crippen LogP contribution in [-0.2, 0) is 28.0 Å². The molecule has 1 fully saturated rings. The Morgan fingerprint density at radius 3 is 2.81 bits per heavy atom. The lowest BCUT2D eigenvalue weighted by atomic mass is 9.80. The molecule has 2 atom stereocenters. The lowest BCUT2D eigenvalue weighted by molar-refractivity contribution is -0.130. The van der Waals surface area contributed by atoms with Crippen LogP contribution >= 0.6 is 11.3 Å². The molecule has 6 heteroatoms. The number of ether oxygens (including phenoxy) is 2. The zero-order valence-electron chi connectivity index (χ0n) is 17.5. The van der Waals surface area contributed by atoms with Gasteiger partial charge < -0.3 is 19.7 Å². The van der Waals surface area contributed by atoms with Crippen LogP contribution in [0.15, 0.2) is 66.0 Å². The van der Waals surface area contributed by atoms with Crippen LogP contribution in [0.4, 0.5) is 5.69 Å². The summed E-state index contributed by atoms with van der Waals surface area (Å²) >= 11 is 1.65. The standard InChI is InChI=1S/C25H26N2O3S/c1-29-19-10-8-18(9-11-19)15-27-16-25(21-6-2-3-7-22(21)27)13-23(30-17-25)24(28)26-14-20-5-4-12-31-20/h2-12,23H,13-17H2,1H3,(H,26,28)/t23-,25-/m0/s1. The van der Waals surface area contributed by atoms with Crippen molar-refractivity contribution in [1.29, 1.82) is 0 Å². The highest BCUT2D eigenvalue weighted by molar-refractivity contribution is 7.09. The summed E-state index contributed by atoms with van der Waals surface area (Å²) in [5, 5.41) is 5.06. The molecule has 5 nitrogen and oxygen atoms in total. The lowest BCUT2D eigenvalue weighted by Gasteiger charge is -2.24. The van der Waals surface area contributed by atoms with Crippen molar-refractivity contribution in [1.82, 2.24) is 5.32 Å². The average Bonchev–Trinajstić information content (AvgIpc) is 3.54. The van der Waals surface area contributed by atoms with Gasteiger partial charge in [-0.3, -0.25) is 4.79 Å². The summed E-state index contributed by atoms with van der Waals surface area (Å²) < 4.78 is 11.3. The fourth-order valence-corrected chi connectivity index (χ4v) is 5.37. The molecular weight excluding hydrogens is 408 g/mol. The molecule has 3 heterocycles. The first-order chi connectivity index (χ1) is 15.2. The fraction of sp³-hybridized carbons (Fsp3) is 0.320. The molecule has 1 aromatic heterocycles. The number of carbonyl (C=O) groups is 1. The van der Waals surface area contributed by atoms with E-state index in [2.05, 4.69) is 46.6 Å². The van der Waals surface area contributed by atoms with E-state index in [-0.39, 0.29) is 11.3 Å². The zero-order valence-corrected chi connectivity index (χ0v) is 18.4. The second-order valence-electron chi connectivity index (χ2n) is 8.30. The molecule has 1 amide bonds. The molecule has 1 saturated heterocycles. The van der Waals surface area contributed by atoms with E-state index in [1.807, 2.05) is 29.6 Å². The first-order valence-corrected chi connectivity index (χ1v) is 11.4. The molecular formula is C25H26N2O3S. The van der Waals surface area contributed by atoms with E-state index < -0.39 is 6.10 Å². The van der Waals surface area contributed by atoms with E-state index in [9.17, 15) is 4.79 Å². The molecule has 0 unspecified atom stereocenters. The van der Waals surface area contributed by atoms with Crippen LogP contribution in [0, 0.1) is 0 Å². The molecule has 1 N–H and O–H groups in total. The Morgan fingerprint density at radius 1 is 1.19 bits per heavy atom. The van der Waals surface area contributed by atoms with Crippen molar-refractivity contribution in [2.24, 2.45) is 0 Å². The molecule has 0 saturated carbocycles. The number of para-hydroxylation sites is 1. The van der Waals surface area contributed by atoms with Crippen LogP contribution in [0.2, 0.25) is 0 Å². The second-order valence-corrected chi connectivity index (χ2v) is 9.33. The highest BCUT2D eigenvalue weighted by Crippen LogP contribution is 2.47. The molecule has 2 aliphatic heterocycles. The molecule has 5 rings (SSSR count). The Bertz CT molecular complexity index is 1050. The quantitative estimate of drug-likeness (QED) is 0.634. The van der Waals surface area contributed by atoms with Gasteiger partial charge in [-0.15, -0.1) is 11.3 Å². The molecule has 2 aromatic carbocycles. The van der Waals surface area contributed by atoms with Crippen molar-refractivity contribution >= 4 is 22.9 Å². The van der Waals surface area contributed by atoms with E-state index in [0.717, 1.165) is 23.7 Å². The minimum atomic E-state index is -0.408. The molecule has 0 radical (unpaired) electrons. The van der Waals surface area contributed by atoms with Crippen LogP contribution in [0.25, 0.3) is 0 Å². The number of methoxy groups -OCH3 is 1. The predicted octanol–water partition coefficient (Wildman–Crippen LogP) is 4.12. The third-order valence-corrected chi connectivity index (χ3v) is 7.16. The van der Waals surface area contributed by atoms with Gasteiger partial charge in [0, 0.05) is 29.1 Å². The maximum absolute atomic E-state index is 12.8. The van der Waals surface area contributed by atoms with Gasteiger partial charge in [-0.05, 0) is 47.2 Å². The van der Waals surface area contributed by atoms with E-state index in [0.29, 0.717) is 19.6 Å². The van der Waals surface area contributed by atoms with Gasteiger partial charge in [0.25, 0.3) is 0 Å². The summed E-state index contributed by atoms with van der Waals surface area (Å²) in [5.41, 5.74) is 3.61. The lowest BCUT2D eigenvalue weighted by Crippen LogP contribution is -2.37. The number of thiophene rings is 1. The topological polar surface area (TPSA) is 50.8 Å². The van der Waals surface area contributed by atoms with Gasteiger partial charge in [-0.25, -0.2) is 0 Å². The monoisotopic (exact) mass is 434 g/mol. The normalized spacial score (nSPS) is 22.0. The highest BCUT2D eigenvalue weighted by atomic mass is 32.1. The minimum absolute atomic E-state index is 0.0173. The Morgan fingerprint density at radius 2 is 2.03 bits per heavy atom. The van der Waals surface area contributed by atoms with Gasteiger partial charge in [0.1, 0.15) is 11.9 Å². The zero-order chi connectivity index (χ0) is 21.3. The SMILES string of the molecule is COc1ccc(CN2C[C@@]3(CO[C@H](C(=O)NCc4cccs4)C3)c3ccccc32)cc1. The first-order valence-electron chi connectivity index (χ1n) is 10.6. The maximum Gasteiger partial charge on any atom is 0.249 e. The van der Waals surface area contributed by atoms with Crippen molar-refractivity contribution in [2.45, 2.75) is 31.0 Å². The number of hydrogen-bond donors (Lipinski definition) is 1. The summed E-state index contributed by atoms with van der Waals surface area (Å²) in [6, 6.07) is 20.8. The molecule has 31 heavy (non-hydrogen) atoms. The number of amides is 1. The average molecular weight is 435 g/mol. The Balaban J connectivity index is 1.31. The molecule has 1 spiro atoms. The number of anilines is 1. The van der Waals surface area contributed by atoms with E-state index in [4.69, 9.17) is 9.47 Å². The highest BCUT2D eigenvalue weighted by Gasteiger charge is 2.50. The largest absolute Gasteiger partial charge is 0.497 e. The first kappa shape index (κ1) is 20.1. The summed E-state index contributed by atoms with van der Waals surface area (Å²) in [6.45, 7) is 2.80. The third kappa shape index (κ3) is 3.93. The van der Waals surface area contributed by atoms with Crippen molar-refractivity contribution in [3.63, 3.8) is 0 Å². The maximum atomic E-state index is 12.8. The number of benzene rings is 2. The molecule has 3 aromatic rings. The number of rotatable bonds is 6. The van der Waals surface area contributed by atoms with E-state index >= 15 is 0 Å². The summed E-state index contributed by atoms with van der Waals surface area (Å²) in [5.74, 6) is 0.846. The van der Waals surface area contributed by atoms with Gasteiger partial charge in [0.15, 0.2) is 0 Å². The van der Waals surface area contributed by atoms with Crippen molar-refractivity contribution < 1.29 is 14.3 Å². The van der Waals surface area contributed by atoms with Crippen molar-refractivity contribution in [2.75, 3.05) is 25.2 Å². The molecule has 0 aliphatic carbocycles. The van der Waals surface area contributed by atoms with Gasteiger partial charge in [-0.1, -0.05) is 36.4 Å². The van der Waals surface area contributed by atoms with Crippen LogP contribution in [0.1, 0.15) is 22.4 Å². The van der Waals surface area contributed by atoms with Crippen LogP contribution in [0.5, 0.6) is 5.75 Å². The second kappa shape index (κ2) is 8.36. The predicted molar refractivity (Wildman–Crippen MR) is 123 cm³/mol. The van der Waals surface area contributed by atoms with Gasteiger partial charge in [0.05, 0.1) is 20.3 Å². The van der Waals surface area contributed by atoms with Crippen molar-refractivity contribution in [3.05, 3.63) is 82.0 Å². The summed E-state index contributed by atoms with van der Waals surface area (Å²) in [6.07, 6.45) is 0.299. The van der Waals surface area contributed by atoms with Crippen LogP contribution < -0.4 is 15.0 Å². The van der Waals surface area contributed by atoms with Crippen LogP contribution in [-0.4, -0.2) is 32.3 Å². The molecule has 160 valence electrons. The smallest absolute Gasteiger partial charge is 0.249 e. The third-order valence-electron chi connectivity index (χ3n) is 6.29. The van der Waals surface area contributed by atoms with Crippen LogP contribution in [0.3, 0.4) is 0 Å². The number of hydrogen-bond acceptors (Lipinski definition) is 5. The molecule has 0 bridgehead atoms. The van der Waals surface area contributed by atoms with Gasteiger partial charge in [0.2, 0.25) is 5.91 Å². The Labute approximate surface area is 186 Å². The van der Waals surface area contributed by atoms with E-state index in [1.165, 1.54) is 16.8 Å². The number of carbonyl (C=O) groups excluding carboxylic acids is 1. The van der Waals surface area contributed by atoms with E-state index in [1.54, 1.807) is 18.4 Å². The van der Waals surface area contributed by atoms with Crippen molar-refractivity contribution in [3.8, 4) is 5.75 Å². The summed E-state index contributed by atoms with van der Waals surface area (Å²) in [4.78, 5) is 16.3. The van der Waals surface area contributed by atoms with Gasteiger partial charge >= 0.3 is 0 Å². The number of nitrogens with one attached hydrogen (secondary N) is 1. The Kier molecular flexibility index (Phi) is 5.42. The Hall–Kier alpha value is -2.83. The number of nitrogens with zero attached hydrogens (tertiary/aromatic N) is 1. The molecule has 2 aliphatic rings. The number of fused-ring (bicyclic) bond motifs is 2. The summed E-state index contributed by atoms with van der Waals surface area (Å²) in [7, 11) is 1.68. The minimum Gasteiger partial charge on any atom is -0.497 e. The van der Waals surface area contributed by atoms with Gasteiger partial charge in [-0.2, -0.15) is 0 Å².